The third-order valence-electron chi connectivity index (χ3n) is 7.49. The van der Waals surface area contributed by atoms with Crippen molar-refractivity contribution in [3.8, 4) is 0 Å². The Morgan fingerprint density at radius 1 is 0.680 bits per heavy atom. The fourth-order valence-electron chi connectivity index (χ4n) is 4.72. The molecule has 284 valence electrons. The largest absolute Gasteiger partial charge is 0.481 e. The van der Waals surface area contributed by atoms with Crippen molar-refractivity contribution >= 4 is 105 Å². The fraction of sp³-hybridized carbons (Fsp3) is 0.568. The van der Waals surface area contributed by atoms with Crippen molar-refractivity contribution < 1.29 is 39.6 Å². The number of aromatic carboxylic acids is 2. The molecule has 0 aliphatic carbocycles. The zero-order chi connectivity index (χ0) is 39.2. The number of aliphatic carboxylic acids is 2. The molecule has 0 spiro atoms. The second-order valence-electron chi connectivity index (χ2n) is 13.6. The van der Waals surface area contributed by atoms with Crippen molar-refractivity contribution in [2.45, 2.75) is 104 Å². The van der Waals surface area contributed by atoms with Gasteiger partial charge in [-0.3, -0.25) is 9.59 Å². The zero-order valence-corrected chi connectivity index (χ0v) is 36.8. The van der Waals surface area contributed by atoms with Gasteiger partial charge in [0, 0.05) is 0 Å². The van der Waals surface area contributed by atoms with E-state index in [0.29, 0.717) is 31.4 Å². The molecular formula is C37H54Cl2I2O8S. The standard InChI is InChI=1S/C18H26O4.C17H24O4S.CH2Cl2.CH2I2/c1-5-6-7-13(16(19)20)8-12-9-14(17(21)22)11-15(10-12)18(2,3)4;1-17(2,3)14-9-11(8-13(10-14)16(20)21)7-12(15(18)19)5-4-6-22;2*2-1-3/h9-11,13H,5-8H2,1-4H3,(H,19,20)(H,21,22);8-10,12,22H,4-7H2,1-3H3,(H,18,19)(H,20,21);2*1H2. The van der Waals surface area contributed by atoms with Gasteiger partial charge in [0.1, 0.15) is 0 Å². The van der Waals surface area contributed by atoms with Gasteiger partial charge in [0.15, 0.2) is 0 Å². The molecule has 2 atom stereocenters. The number of carboxylic acid groups (broad SMARTS) is 4. The maximum Gasteiger partial charge on any atom is 0.335 e. The highest BCUT2D eigenvalue weighted by Crippen LogP contribution is 2.28. The number of carboxylic acids is 4. The van der Waals surface area contributed by atoms with Gasteiger partial charge in [0.25, 0.3) is 0 Å². The molecule has 0 amide bonds. The highest BCUT2D eigenvalue weighted by atomic mass is 127. The molecule has 0 radical (unpaired) electrons. The van der Waals surface area contributed by atoms with Crippen molar-refractivity contribution in [2.75, 3.05) is 13.5 Å². The van der Waals surface area contributed by atoms with Crippen LogP contribution in [0.25, 0.3) is 0 Å². The van der Waals surface area contributed by atoms with E-state index in [1.54, 1.807) is 24.3 Å². The van der Waals surface area contributed by atoms with Gasteiger partial charge in [-0.25, -0.2) is 9.59 Å². The maximum absolute atomic E-state index is 11.4. The van der Waals surface area contributed by atoms with Crippen molar-refractivity contribution in [1.29, 1.82) is 0 Å². The second kappa shape index (κ2) is 26.5. The van der Waals surface area contributed by atoms with E-state index in [4.69, 9.17) is 23.2 Å². The Bertz CT molecular complexity index is 1240. The van der Waals surface area contributed by atoms with Gasteiger partial charge in [0.2, 0.25) is 0 Å². The molecule has 0 aliphatic rings. The van der Waals surface area contributed by atoms with Crippen molar-refractivity contribution in [1.82, 2.24) is 0 Å². The molecule has 2 unspecified atom stereocenters. The van der Waals surface area contributed by atoms with E-state index in [1.165, 1.54) is 2.43 Å². The van der Waals surface area contributed by atoms with E-state index in [1.807, 2.05) is 60.6 Å². The van der Waals surface area contributed by atoms with E-state index < -0.39 is 35.7 Å². The lowest BCUT2D eigenvalue weighted by Crippen LogP contribution is -2.18. The average Bonchev–Trinajstić information content (AvgIpc) is 3.01. The molecule has 0 aliphatic heterocycles. The summed E-state index contributed by atoms with van der Waals surface area (Å²) in [6.07, 6.45) is 4.42. The van der Waals surface area contributed by atoms with Crippen LogP contribution in [0.15, 0.2) is 36.4 Å². The van der Waals surface area contributed by atoms with Crippen LogP contribution in [0.3, 0.4) is 0 Å². The average molecular weight is 984 g/mol. The van der Waals surface area contributed by atoms with E-state index in [-0.39, 0.29) is 27.3 Å². The number of hydrogen-bond donors (Lipinski definition) is 5. The first-order chi connectivity index (χ1) is 23.1. The first kappa shape index (κ1) is 50.8. The van der Waals surface area contributed by atoms with E-state index in [0.717, 1.165) is 41.5 Å². The normalized spacial score (nSPS) is 12.1. The third kappa shape index (κ3) is 21.9. The SMILES string of the molecule is CC(C)(C)c1cc(CC(CCCS)C(=O)O)cc(C(=O)O)c1.CCCCC(Cc1cc(C(=O)O)cc(C(C)(C)C)c1)C(=O)O.ClCCl.ICI. The third-order valence-corrected chi connectivity index (χ3v) is 7.81. The van der Waals surface area contributed by atoms with Crippen LogP contribution >= 0.6 is 81.0 Å². The molecule has 0 aromatic heterocycles. The number of thiol groups is 1. The fourth-order valence-corrected chi connectivity index (χ4v) is 4.90. The van der Waals surface area contributed by atoms with Crippen LogP contribution in [0.4, 0.5) is 0 Å². The number of halogens is 4. The maximum atomic E-state index is 11.4. The lowest BCUT2D eigenvalue weighted by Gasteiger charge is -2.21. The van der Waals surface area contributed by atoms with Gasteiger partial charge in [-0.2, -0.15) is 12.6 Å². The van der Waals surface area contributed by atoms with E-state index in [2.05, 4.69) is 57.8 Å². The molecule has 0 bridgehead atoms. The van der Waals surface area contributed by atoms with Crippen LogP contribution in [0.1, 0.15) is 124 Å². The minimum atomic E-state index is -0.991. The van der Waals surface area contributed by atoms with Gasteiger partial charge in [-0.1, -0.05) is 119 Å². The number of alkyl halides is 4. The first-order valence-corrected chi connectivity index (χ1v) is 20.9. The van der Waals surface area contributed by atoms with Crippen molar-refractivity contribution in [3.05, 3.63) is 69.8 Å². The monoisotopic (exact) mass is 982 g/mol. The Balaban J connectivity index is 0. The summed E-state index contributed by atoms with van der Waals surface area (Å²) in [6.45, 7) is 14.1. The first-order valence-electron chi connectivity index (χ1n) is 16.2. The van der Waals surface area contributed by atoms with E-state index >= 15 is 0 Å². The van der Waals surface area contributed by atoms with Gasteiger partial charge >= 0.3 is 23.9 Å². The molecule has 2 rings (SSSR count). The topological polar surface area (TPSA) is 149 Å². The van der Waals surface area contributed by atoms with Crippen LogP contribution in [0, 0.1) is 11.8 Å². The highest BCUT2D eigenvalue weighted by molar-refractivity contribution is 14.2. The molecule has 0 saturated heterocycles. The lowest BCUT2D eigenvalue weighted by molar-refractivity contribution is -0.142. The van der Waals surface area contributed by atoms with Crippen LogP contribution in [0.5, 0.6) is 0 Å². The zero-order valence-electron chi connectivity index (χ0n) is 30.1. The molecule has 13 heteroatoms. The van der Waals surface area contributed by atoms with Crippen molar-refractivity contribution in [3.63, 3.8) is 0 Å². The number of hydrogen-bond acceptors (Lipinski definition) is 5. The van der Waals surface area contributed by atoms with Crippen LogP contribution < -0.4 is 0 Å². The summed E-state index contributed by atoms with van der Waals surface area (Å²) in [5.41, 5.74) is 3.43. The number of rotatable bonds is 14. The van der Waals surface area contributed by atoms with Gasteiger partial charge in [-0.15, -0.1) is 23.2 Å². The second-order valence-corrected chi connectivity index (χ2v) is 19.3. The Hall–Kier alpha value is -1.29. The lowest BCUT2D eigenvalue weighted by atomic mass is 9.83. The summed E-state index contributed by atoms with van der Waals surface area (Å²) >= 11 is 18.2. The molecule has 50 heavy (non-hydrogen) atoms. The molecular weight excluding hydrogens is 929 g/mol. The molecule has 8 nitrogen and oxygen atoms in total. The molecule has 0 heterocycles. The van der Waals surface area contributed by atoms with E-state index in [9.17, 15) is 39.6 Å². The number of carbonyl (C=O) groups is 4. The molecule has 0 fully saturated rings. The number of unbranched alkanes of at least 4 members (excludes halogenated alkanes) is 1. The summed E-state index contributed by atoms with van der Waals surface area (Å²) in [5, 5.41) is 37.4. The summed E-state index contributed by atoms with van der Waals surface area (Å²) in [5.74, 6) is -3.96. The molecule has 4 N–H and O–H groups in total. The Morgan fingerprint density at radius 2 is 1.00 bits per heavy atom. The van der Waals surface area contributed by atoms with Crippen LogP contribution in [0.2, 0.25) is 0 Å². The Morgan fingerprint density at radius 3 is 1.24 bits per heavy atom. The molecule has 0 saturated carbocycles. The molecule has 2 aromatic rings. The van der Waals surface area contributed by atoms with Crippen LogP contribution in [-0.4, -0.2) is 57.8 Å². The van der Waals surface area contributed by atoms with Crippen LogP contribution in [-0.2, 0) is 33.3 Å². The van der Waals surface area contributed by atoms with Gasteiger partial charge in [0.05, 0.1) is 30.7 Å². The number of benzene rings is 2. The highest BCUT2D eigenvalue weighted by Gasteiger charge is 2.23. The minimum Gasteiger partial charge on any atom is -0.481 e. The minimum absolute atomic E-state index is 0.178. The summed E-state index contributed by atoms with van der Waals surface area (Å²) in [4.78, 5) is 45.4. The quantitative estimate of drug-likeness (QED) is 0.0714. The van der Waals surface area contributed by atoms with Gasteiger partial charge < -0.3 is 20.4 Å². The predicted octanol–water partition coefficient (Wildman–Crippen LogP) is 11.0. The Labute approximate surface area is 341 Å². The smallest absolute Gasteiger partial charge is 0.335 e. The predicted molar refractivity (Wildman–Crippen MR) is 226 cm³/mol. The van der Waals surface area contributed by atoms with Gasteiger partial charge in [-0.05, 0) is 95.2 Å². The molecule has 2 aromatic carbocycles. The summed E-state index contributed by atoms with van der Waals surface area (Å²) < 4.78 is 1.19. The van der Waals surface area contributed by atoms with Crippen molar-refractivity contribution in [2.24, 2.45) is 11.8 Å². The summed E-state index contributed by atoms with van der Waals surface area (Å²) in [6, 6.07) is 10.4. The summed E-state index contributed by atoms with van der Waals surface area (Å²) in [7, 11) is 0. The Kier molecular flexibility index (Phi) is 26.9.